The fourth-order valence-corrected chi connectivity index (χ4v) is 3.53. The Morgan fingerprint density at radius 3 is 1.39 bits per heavy atom. The summed E-state index contributed by atoms with van der Waals surface area (Å²) in [5, 5.41) is 45.3. The standard InChI is InChI=1S/C24H45N3O8.Na.H/c1-5-6-7-8-9-10-11-12-13-14-18(31)25-19(15(2)28)22(32)26-20(16(3)29)23(33)27-21(17(4)30)24(34)35;;/h15-17,19-21,28-30H,5-14H2,1-4H3,(H,25,31)(H,26,32)(H,27,33)(H,34,35);;/q;+1;-1. The second-order valence-electron chi connectivity index (χ2n) is 9.16. The number of carbonyl (C=O) groups is 4. The fraction of sp³-hybridized carbons (Fsp3) is 0.833. The molecule has 3 amide bonds. The van der Waals surface area contributed by atoms with E-state index in [1.54, 1.807) is 0 Å². The smallest absolute Gasteiger partial charge is 1.00 e. The monoisotopic (exact) mass is 527 g/mol. The van der Waals surface area contributed by atoms with Crippen molar-refractivity contribution in [3.05, 3.63) is 0 Å². The maximum absolute atomic E-state index is 12.7. The van der Waals surface area contributed by atoms with E-state index in [0.29, 0.717) is 6.42 Å². The number of aliphatic hydroxyl groups excluding tert-OH is 3. The van der Waals surface area contributed by atoms with Crippen LogP contribution in [0.3, 0.4) is 0 Å². The summed E-state index contributed by atoms with van der Waals surface area (Å²) < 4.78 is 0. The number of nitrogens with one attached hydrogen (secondary N) is 3. The molecular weight excluding hydrogens is 481 g/mol. The van der Waals surface area contributed by atoms with Crippen LogP contribution in [0.1, 0.15) is 93.3 Å². The summed E-state index contributed by atoms with van der Waals surface area (Å²) in [7, 11) is 0. The molecule has 0 saturated heterocycles. The number of hydrogen-bond donors (Lipinski definition) is 7. The van der Waals surface area contributed by atoms with E-state index >= 15 is 0 Å². The average molecular weight is 528 g/mol. The molecule has 0 aromatic heterocycles. The third kappa shape index (κ3) is 15.8. The van der Waals surface area contributed by atoms with Crippen LogP contribution in [0.2, 0.25) is 0 Å². The molecule has 0 heterocycles. The molecule has 0 radical (unpaired) electrons. The van der Waals surface area contributed by atoms with Crippen molar-refractivity contribution in [2.24, 2.45) is 0 Å². The van der Waals surface area contributed by atoms with Gasteiger partial charge < -0.3 is 37.8 Å². The van der Waals surface area contributed by atoms with Crippen LogP contribution in [0.5, 0.6) is 0 Å². The van der Waals surface area contributed by atoms with E-state index < -0.39 is 60.1 Å². The molecule has 206 valence electrons. The van der Waals surface area contributed by atoms with E-state index in [4.69, 9.17) is 5.11 Å². The number of aliphatic hydroxyl groups is 3. The molecule has 11 nitrogen and oxygen atoms in total. The Morgan fingerprint density at radius 2 is 1.00 bits per heavy atom. The van der Waals surface area contributed by atoms with Crippen molar-refractivity contribution < 1.29 is 70.6 Å². The van der Waals surface area contributed by atoms with Crippen LogP contribution in [-0.2, 0) is 19.2 Å². The fourth-order valence-electron chi connectivity index (χ4n) is 3.53. The topological polar surface area (TPSA) is 185 Å². The summed E-state index contributed by atoms with van der Waals surface area (Å²) in [6, 6.07) is -4.59. The molecule has 7 N–H and O–H groups in total. The number of hydrogen-bond acceptors (Lipinski definition) is 7. The first-order valence-electron chi connectivity index (χ1n) is 12.6. The number of rotatable bonds is 19. The van der Waals surface area contributed by atoms with Gasteiger partial charge in [-0.1, -0.05) is 58.3 Å². The van der Waals surface area contributed by atoms with Crippen molar-refractivity contribution in [2.45, 2.75) is 128 Å². The van der Waals surface area contributed by atoms with E-state index in [-0.39, 0.29) is 37.4 Å². The van der Waals surface area contributed by atoms with Crippen LogP contribution in [-0.4, -0.2) is 80.6 Å². The van der Waals surface area contributed by atoms with Gasteiger partial charge in [-0.05, 0) is 27.2 Å². The molecule has 0 saturated carbocycles. The summed E-state index contributed by atoms with van der Waals surface area (Å²) in [5.74, 6) is -3.86. The minimum atomic E-state index is -1.65. The zero-order valence-corrected chi connectivity index (χ0v) is 24.5. The molecule has 6 atom stereocenters. The van der Waals surface area contributed by atoms with Crippen LogP contribution in [0.4, 0.5) is 0 Å². The number of amides is 3. The summed E-state index contributed by atoms with van der Waals surface area (Å²) >= 11 is 0. The van der Waals surface area contributed by atoms with Crippen molar-refractivity contribution in [3.8, 4) is 0 Å². The number of unbranched alkanes of at least 4 members (excludes halogenated alkanes) is 8. The number of carboxylic acids is 1. The number of aliphatic carboxylic acids is 1. The average Bonchev–Trinajstić information content (AvgIpc) is 2.77. The van der Waals surface area contributed by atoms with Crippen LogP contribution in [0.25, 0.3) is 0 Å². The van der Waals surface area contributed by atoms with Gasteiger partial charge in [0, 0.05) is 6.42 Å². The Morgan fingerprint density at radius 1 is 0.639 bits per heavy atom. The molecular formula is C24H46N3NaO8. The Labute approximate surface area is 238 Å². The number of carboxylic acid groups (broad SMARTS) is 1. The maximum Gasteiger partial charge on any atom is 1.00 e. The van der Waals surface area contributed by atoms with Crippen molar-refractivity contribution in [1.29, 1.82) is 0 Å². The summed E-state index contributed by atoms with van der Waals surface area (Å²) in [6.45, 7) is 5.85. The van der Waals surface area contributed by atoms with Crippen LogP contribution in [0.15, 0.2) is 0 Å². The van der Waals surface area contributed by atoms with Crippen LogP contribution < -0.4 is 45.5 Å². The molecule has 0 aliphatic heterocycles. The molecule has 0 aliphatic carbocycles. The molecule has 0 spiro atoms. The molecule has 6 unspecified atom stereocenters. The van der Waals surface area contributed by atoms with Gasteiger partial charge in [0.25, 0.3) is 0 Å². The van der Waals surface area contributed by atoms with E-state index in [1.165, 1.54) is 52.9 Å². The van der Waals surface area contributed by atoms with Gasteiger partial charge in [-0.15, -0.1) is 0 Å². The van der Waals surface area contributed by atoms with Gasteiger partial charge in [-0.25, -0.2) is 4.79 Å². The van der Waals surface area contributed by atoms with Crippen LogP contribution in [0, 0.1) is 0 Å². The summed E-state index contributed by atoms with van der Waals surface area (Å²) in [6.07, 6.45) is 5.83. The third-order valence-electron chi connectivity index (χ3n) is 5.70. The van der Waals surface area contributed by atoms with Crippen LogP contribution >= 0.6 is 0 Å². The second-order valence-corrected chi connectivity index (χ2v) is 9.16. The predicted octanol–water partition coefficient (Wildman–Crippen LogP) is -2.29. The van der Waals surface area contributed by atoms with Gasteiger partial charge in [-0.2, -0.15) is 0 Å². The van der Waals surface area contributed by atoms with Crippen molar-refractivity contribution in [2.75, 3.05) is 0 Å². The Hall–Kier alpha value is -1.24. The van der Waals surface area contributed by atoms with E-state index in [0.717, 1.165) is 19.3 Å². The molecule has 0 aromatic carbocycles. The molecule has 0 fully saturated rings. The third-order valence-corrected chi connectivity index (χ3v) is 5.70. The van der Waals surface area contributed by atoms with Crippen molar-refractivity contribution in [1.82, 2.24) is 16.0 Å². The molecule has 0 aliphatic rings. The maximum atomic E-state index is 12.7. The number of carbonyl (C=O) groups excluding carboxylic acids is 3. The Kier molecular flexibility index (Phi) is 21.3. The van der Waals surface area contributed by atoms with Gasteiger partial charge in [0.15, 0.2) is 6.04 Å². The first-order chi connectivity index (χ1) is 16.4. The van der Waals surface area contributed by atoms with Gasteiger partial charge in [-0.3, -0.25) is 14.4 Å². The van der Waals surface area contributed by atoms with E-state index in [9.17, 15) is 34.5 Å². The van der Waals surface area contributed by atoms with E-state index in [2.05, 4.69) is 22.9 Å². The van der Waals surface area contributed by atoms with Gasteiger partial charge in [0.2, 0.25) is 17.7 Å². The first kappa shape index (κ1) is 36.9. The summed E-state index contributed by atoms with van der Waals surface area (Å²) in [4.78, 5) is 48.6. The predicted molar refractivity (Wildman–Crippen MR) is 131 cm³/mol. The van der Waals surface area contributed by atoms with Gasteiger partial charge >= 0.3 is 35.5 Å². The Bertz CT molecular complexity index is 668. The van der Waals surface area contributed by atoms with Gasteiger partial charge in [0.05, 0.1) is 18.3 Å². The zero-order chi connectivity index (χ0) is 27.0. The minimum Gasteiger partial charge on any atom is -1.00 e. The molecule has 36 heavy (non-hydrogen) atoms. The molecule has 0 rings (SSSR count). The SMILES string of the molecule is CCCCCCCCCCCC(=O)NC(C(=O)NC(C(=O)NC(C(=O)O)C(C)O)C(C)O)C(C)O.[H-].[Na+]. The minimum absolute atomic E-state index is 0. The zero-order valence-electron chi connectivity index (χ0n) is 23.5. The van der Waals surface area contributed by atoms with Crippen molar-refractivity contribution >= 4 is 23.7 Å². The van der Waals surface area contributed by atoms with Crippen molar-refractivity contribution in [3.63, 3.8) is 0 Å². The van der Waals surface area contributed by atoms with E-state index in [1.807, 2.05) is 0 Å². The quantitative estimate of drug-likeness (QED) is 0.0722. The summed E-state index contributed by atoms with van der Waals surface area (Å²) in [5.41, 5.74) is 0. The normalized spacial score (nSPS) is 15.9. The Balaban J connectivity index is -0.00000578. The van der Waals surface area contributed by atoms with Gasteiger partial charge in [0.1, 0.15) is 12.1 Å². The molecule has 0 aromatic rings. The molecule has 0 bridgehead atoms. The first-order valence-corrected chi connectivity index (χ1v) is 12.6. The largest absolute Gasteiger partial charge is 1.00 e. The molecule has 12 heteroatoms. The second kappa shape index (κ2) is 20.8.